The molecule has 1 aromatic heterocycles. The summed E-state index contributed by atoms with van der Waals surface area (Å²) in [6.07, 6.45) is 0. The van der Waals surface area contributed by atoms with E-state index in [0.29, 0.717) is 5.82 Å². The van der Waals surface area contributed by atoms with Crippen LogP contribution >= 0.6 is 11.6 Å². The Bertz CT molecular complexity index is 466. The summed E-state index contributed by atoms with van der Waals surface area (Å²) in [5.74, 6) is 4.63. The summed E-state index contributed by atoms with van der Waals surface area (Å²) in [6, 6.07) is 2.33. The van der Waals surface area contributed by atoms with Gasteiger partial charge in [0.15, 0.2) is 0 Å². The van der Waals surface area contributed by atoms with Crippen molar-refractivity contribution in [3.63, 3.8) is 0 Å². The SMILES string of the molecule is CNC(=O)C(C)NC(=O)c1nc(NN)ccc1Cl. The third kappa shape index (κ3) is 3.31. The minimum absolute atomic E-state index is 0.00266. The maximum Gasteiger partial charge on any atom is 0.272 e. The fourth-order valence-corrected chi connectivity index (χ4v) is 1.42. The lowest BCUT2D eigenvalue weighted by molar-refractivity contribution is -0.122. The van der Waals surface area contributed by atoms with Crippen LogP contribution in [0.1, 0.15) is 17.4 Å². The van der Waals surface area contributed by atoms with Gasteiger partial charge in [0.25, 0.3) is 5.91 Å². The molecule has 1 rings (SSSR count). The Kier molecular flexibility index (Phi) is 4.87. The van der Waals surface area contributed by atoms with E-state index >= 15 is 0 Å². The number of pyridine rings is 1. The van der Waals surface area contributed by atoms with Gasteiger partial charge in [-0.1, -0.05) is 11.6 Å². The van der Waals surface area contributed by atoms with Gasteiger partial charge in [0, 0.05) is 7.05 Å². The molecule has 1 unspecified atom stereocenters. The Labute approximate surface area is 109 Å². The number of hydrogen-bond donors (Lipinski definition) is 4. The lowest BCUT2D eigenvalue weighted by Gasteiger charge is -2.12. The number of amides is 2. The number of halogens is 1. The van der Waals surface area contributed by atoms with E-state index in [1.807, 2.05) is 0 Å². The van der Waals surface area contributed by atoms with Crippen LogP contribution in [0.25, 0.3) is 0 Å². The molecule has 0 aliphatic carbocycles. The number of carbonyl (C=O) groups excluding carboxylic acids is 2. The highest BCUT2D eigenvalue weighted by molar-refractivity contribution is 6.33. The van der Waals surface area contributed by atoms with Crippen molar-refractivity contribution < 1.29 is 9.59 Å². The number of hydrazine groups is 1. The van der Waals surface area contributed by atoms with E-state index < -0.39 is 11.9 Å². The minimum atomic E-state index is -0.685. The average Bonchev–Trinajstić information content (AvgIpc) is 2.38. The molecule has 98 valence electrons. The number of aromatic nitrogens is 1. The maximum atomic E-state index is 11.9. The summed E-state index contributed by atoms with van der Waals surface area (Å²) in [5, 5.41) is 5.07. The molecular weight excluding hydrogens is 258 g/mol. The molecule has 0 saturated carbocycles. The second-order valence-corrected chi connectivity index (χ2v) is 3.89. The fourth-order valence-electron chi connectivity index (χ4n) is 1.23. The van der Waals surface area contributed by atoms with Gasteiger partial charge >= 0.3 is 0 Å². The molecule has 0 aromatic carbocycles. The monoisotopic (exact) mass is 271 g/mol. The number of rotatable bonds is 4. The number of likely N-dealkylation sites (N-methyl/N-ethyl adjacent to an activating group) is 1. The molecule has 2 amide bonds. The highest BCUT2D eigenvalue weighted by atomic mass is 35.5. The molecule has 8 heteroatoms. The molecule has 0 spiro atoms. The number of carbonyl (C=O) groups is 2. The number of nitrogens with two attached hydrogens (primary N) is 1. The molecule has 0 saturated heterocycles. The van der Waals surface area contributed by atoms with Gasteiger partial charge in [-0.2, -0.15) is 0 Å². The second-order valence-electron chi connectivity index (χ2n) is 3.48. The molecule has 1 heterocycles. The molecule has 7 nitrogen and oxygen atoms in total. The molecule has 1 atom stereocenters. The number of hydrogen-bond acceptors (Lipinski definition) is 5. The first-order valence-corrected chi connectivity index (χ1v) is 5.53. The van der Waals surface area contributed by atoms with Crippen LogP contribution in [-0.4, -0.2) is 29.9 Å². The van der Waals surface area contributed by atoms with Crippen LogP contribution in [0.15, 0.2) is 12.1 Å². The van der Waals surface area contributed by atoms with Crippen molar-refractivity contribution in [2.24, 2.45) is 5.84 Å². The van der Waals surface area contributed by atoms with Gasteiger partial charge in [-0.05, 0) is 19.1 Å². The summed E-state index contributed by atoms with van der Waals surface area (Å²) in [4.78, 5) is 27.0. The quantitative estimate of drug-likeness (QED) is 0.451. The molecule has 0 aliphatic rings. The van der Waals surface area contributed by atoms with Gasteiger partial charge < -0.3 is 16.1 Å². The molecule has 5 N–H and O–H groups in total. The van der Waals surface area contributed by atoms with Crippen molar-refractivity contribution in [1.82, 2.24) is 15.6 Å². The average molecular weight is 272 g/mol. The van der Waals surface area contributed by atoms with E-state index in [9.17, 15) is 9.59 Å². The zero-order valence-corrected chi connectivity index (χ0v) is 10.7. The van der Waals surface area contributed by atoms with Crippen LogP contribution in [0, 0.1) is 0 Å². The lowest BCUT2D eigenvalue weighted by atomic mass is 10.2. The van der Waals surface area contributed by atoms with Crippen LogP contribution in [0.2, 0.25) is 5.02 Å². The lowest BCUT2D eigenvalue weighted by Crippen LogP contribution is -2.43. The Hall–Kier alpha value is -1.86. The predicted octanol–water partition coefficient (Wildman–Crippen LogP) is -0.115. The Morgan fingerprint density at radius 3 is 2.67 bits per heavy atom. The van der Waals surface area contributed by atoms with Crippen molar-refractivity contribution in [3.8, 4) is 0 Å². The van der Waals surface area contributed by atoms with Crippen LogP contribution in [0.4, 0.5) is 5.82 Å². The third-order valence-electron chi connectivity index (χ3n) is 2.20. The molecule has 0 aliphatic heterocycles. The van der Waals surface area contributed by atoms with Crippen LogP contribution < -0.4 is 21.9 Å². The predicted molar refractivity (Wildman–Crippen MR) is 68.1 cm³/mol. The van der Waals surface area contributed by atoms with Gasteiger partial charge in [-0.25, -0.2) is 10.8 Å². The maximum absolute atomic E-state index is 11.9. The van der Waals surface area contributed by atoms with E-state index in [1.54, 1.807) is 6.92 Å². The molecule has 1 aromatic rings. The van der Waals surface area contributed by atoms with E-state index in [2.05, 4.69) is 21.0 Å². The summed E-state index contributed by atoms with van der Waals surface area (Å²) in [6.45, 7) is 1.55. The fraction of sp³-hybridized carbons (Fsp3) is 0.300. The first-order valence-electron chi connectivity index (χ1n) is 5.15. The van der Waals surface area contributed by atoms with Crippen molar-refractivity contribution in [2.45, 2.75) is 13.0 Å². The zero-order chi connectivity index (χ0) is 13.7. The van der Waals surface area contributed by atoms with Crippen molar-refractivity contribution in [1.29, 1.82) is 0 Å². The summed E-state index contributed by atoms with van der Waals surface area (Å²) in [7, 11) is 1.48. The van der Waals surface area contributed by atoms with E-state index in [4.69, 9.17) is 17.4 Å². The van der Waals surface area contributed by atoms with E-state index in [1.165, 1.54) is 19.2 Å². The zero-order valence-electron chi connectivity index (χ0n) is 9.95. The normalized spacial score (nSPS) is 11.6. The number of anilines is 1. The standard InChI is InChI=1S/C10H14ClN5O2/c1-5(9(17)13-2)14-10(18)8-6(11)3-4-7(15-8)16-12/h3-5H,12H2,1-2H3,(H,13,17)(H,14,18)(H,15,16). The number of nitrogens with zero attached hydrogens (tertiary/aromatic N) is 1. The molecule has 0 fully saturated rings. The van der Waals surface area contributed by atoms with Crippen LogP contribution in [-0.2, 0) is 4.79 Å². The van der Waals surface area contributed by atoms with E-state index in [-0.39, 0.29) is 16.6 Å². The van der Waals surface area contributed by atoms with Gasteiger partial charge in [0.2, 0.25) is 5.91 Å². The number of nitrogens with one attached hydrogen (secondary N) is 3. The third-order valence-corrected chi connectivity index (χ3v) is 2.50. The summed E-state index contributed by atoms with van der Waals surface area (Å²) < 4.78 is 0. The highest BCUT2D eigenvalue weighted by Gasteiger charge is 2.18. The Morgan fingerprint density at radius 1 is 1.44 bits per heavy atom. The van der Waals surface area contributed by atoms with Gasteiger partial charge in [-0.3, -0.25) is 9.59 Å². The van der Waals surface area contributed by atoms with Crippen LogP contribution in [0.5, 0.6) is 0 Å². The Morgan fingerprint density at radius 2 is 2.11 bits per heavy atom. The number of nitrogen functional groups attached to an aromatic ring is 1. The van der Waals surface area contributed by atoms with Crippen molar-refractivity contribution in [2.75, 3.05) is 12.5 Å². The van der Waals surface area contributed by atoms with Gasteiger partial charge in [0.1, 0.15) is 17.6 Å². The topological polar surface area (TPSA) is 109 Å². The highest BCUT2D eigenvalue weighted by Crippen LogP contribution is 2.16. The van der Waals surface area contributed by atoms with Gasteiger partial charge in [0.05, 0.1) is 5.02 Å². The second kappa shape index (κ2) is 6.18. The van der Waals surface area contributed by atoms with Crippen LogP contribution in [0.3, 0.4) is 0 Å². The van der Waals surface area contributed by atoms with Crippen molar-refractivity contribution >= 4 is 29.2 Å². The minimum Gasteiger partial charge on any atom is -0.357 e. The largest absolute Gasteiger partial charge is 0.357 e. The summed E-state index contributed by atoms with van der Waals surface area (Å²) >= 11 is 5.85. The summed E-state index contributed by atoms with van der Waals surface area (Å²) in [5.41, 5.74) is 2.31. The molecule has 0 bridgehead atoms. The van der Waals surface area contributed by atoms with Gasteiger partial charge in [-0.15, -0.1) is 0 Å². The first kappa shape index (κ1) is 14.2. The molecule has 18 heavy (non-hydrogen) atoms. The Balaban J connectivity index is 2.87. The molecular formula is C10H14ClN5O2. The van der Waals surface area contributed by atoms with Crippen molar-refractivity contribution in [3.05, 3.63) is 22.8 Å². The van der Waals surface area contributed by atoms with E-state index in [0.717, 1.165) is 0 Å². The first-order chi connectivity index (χ1) is 8.49. The smallest absolute Gasteiger partial charge is 0.272 e. The molecule has 0 radical (unpaired) electrons.